The van der Waals surface area contributed by atoms with Gasteiger partial charge in [-0.15, -0.1) is 10.2 Å². The number of para-hydroxylation sites is 1. The van der Waals surface area contributed by atoms with E-state index in [4.69, 9.17) is 10.3 Å². The molecule has 0 bridgehead atoms. The van der Waals surface area contributed by atoms with E-state index in [-0.39, 0.29) is 40.4 Å². The molecule has 6 rings (SSSR count). The number of aryl methyl sites for hydroxylation is 2. The number of hydrogen-bond acceptors (Lipinski definition) is 16. The molecule has 0 fully saturated rings. The second-order valence-corrected chi connectivity index (χ2v) is 14.2. The van der Waals surface area contributed by atoms with Crippen molar-refractivity contribution in [1.29, 1.82) is 0 Å². The summed E-state index contributed by atoms with van der Waals surface area (Å²) in [6.45, 7) is 1.54. The van der Waals surface area contributed by atoms with Crippen LogP contribution >= 0.6 is 0 Å². The Labute approximate surface area is 314 Å². The minimum atomic E-state index is -4.90. The number of benzene rings is 5. The molecule has 0 spiro atoms. The molecule has 0 amide bonds. The van der Waals surface area contributed by atoms with Crippen LogP contribution in [0, 0.1) is 6.92 Å². The van der Waals surface area contributed by atoms with E-state index in [1.165, 1.54) is 12.1 Å². The summed E-state index contributed by atoms with van der Waals surface area (Å²) in [5.41, 5.74) is 8.78. The number of hydrogen-bond donors (Lipinski definition) is 6. The zero-order chi connectivity index (χ0) is 39.2. The Morgan fingerprint density at radius 2 is 1.42 bits per heavy atom. The molecule has 7 N–H and O–H groups in total. The third kappa shape index (κ3) is 10.2. The van der Waals surface area contributed by atoms with Crippen molar-refractivity contribution in [3.8, 4) is 5.75 Å². The van der Waals surface area contributed by atoms with Crippen LogP contribution in [0.5, 0.6) is 5.75 Å². The molecule has 0 saturated heterocycles. The Morgan fingerprint density at radius 3 is 2.11 bits per heavy atom. The monoisotopic (exact) mass is 784 g/mol. The maximum atomic E-state index is 12.4. The van der Waals surface area contributed by atoms with E-state index in [1.54, 1.807) is 55.5 Å². The molecule has 0 radical (unpaired) electrons. The van der Waals surface area contributed by atoms with E-state index in [1.807, 2.05) is 30.3 Å². The quantitative estimate of drug-likeness (QED) is 0.0265. The lowest BCUT2D eigenvalue weighted by molar-refractivity contribution is 0.265. The van der Waals surface area contributed by atoms with Crippen molar-refractivity contribution >= 4 is 83.0 Å². The second kappa shape index (κ2) is 16.3. The van der Waals surface area contributed by atoms with E-state index in [9.17, 15) is 26.5 Å². The number of phenolic OH excluding ortho intramolecular Hbond substituents is 1. The number of aromatic nitrogens is 3. The number of azo groups is 2. The summed E-state index contributed by atoms with van der Waals surface area (Å²) in [4.78, 5) is 12.4. The normalized spacial score (nSPS) is 12.1. The highest BCUT2D eigenvalue weighted by atomic mass is 32.3. The Bertz CT molecular complexity index is 2650. The molecule has 0 unspecified atom stereocenters. The third-order valence-electron chi connectivity index (χ3n) is 7.71. The average molecular weight is 785 g/mol. The van der Waals surface area contributed by atoms with Crippen LogP contribution in [0.15, 0.2) is 122 Å². The third-order valence-corrected chi connectivity index (χ3v) is 9.04. The van der Waals surface area contributed by atoms with Crippen molar-refractivity contribution in [3.63, 3.8) is 0 Å². The lowest BCUT2D eigenvalue weighted by atomic mass is 10.1. The predicted octanol–water partition coefficient (Wildman–Crippen LogP) is 7.94. The summed E-state index contributed by atoms with van der Waals surface area (Å²) in [6.07, 6.45) is 0.824. The number of nitrogens with zero attached hydrogens (tertiary/aromatic N) is 7. The molecule has 18 nitrogen and oxygen atoms in total. The number of phenols is 1. The smallest absolute Gasteiger partial charge is 0.397 e. The molecule has 282 valence electrons. The molecule has 5 aromatic carbocycles. The highest BCUT2D eigenvalue weighted by molar-refractivity contribution is 7.86. The van der Waals surface area contributed by atoms with Crippen LogP contribution in [0.2, 0.25) is 0 Å². The van der Waals surface area contributed by atoms with Crippen molar-refractivity contribution < 1.29 is 35.2 Å². The molecule has 20 heteroatoms. The Balaban J connectivity index is 1.24. The Morgan fingerprint density at radius 1 is 0.745 bits per heavy atom. The number of anilines is 5. The van der Waals surface area contributed by atoms with Crippen LogP contribution in [-0.2, 0) is 31.1 Å². The van der Waals surface area contributed by atoms with Crippen molar-refractivity contribution in [2.24, 2.45) is 20.5 Å². The van der Waals surface area contributed by atoms with Crippen LogP contribution in [0.25, 0.3) is 10.8 Å². The molecule has 1 heterocycles. The summed E-state index contributed by atoms with van der Waals surface area (Å²) >= 11 is 0. The van der Waals surface area contributed by atoms with Gasteiger partial charge in [-0.05, 0) is 85.3 Å². The molecule has 1 aromatic heterocycles. The molecule has 6 aromatic rings. The highest BCUT2D eigenvalue weighted by Crippen LogP contribution is 2.46. The van der Waals surface area contributed by atoms with Crippen molar-refractivity contribution in [2.75, 3.05) is 23.0 Å². The lowest BCUT2D eigenvalue weighted by Gasteiger charge is -2.12. The largest absolute Gasteiger partial charge is 0.505 e. The summed E-state index contributed by atoms with van der Waals surface area (Å²) < 4.78 is 69.3. The minimum absolute atomic E-state index is 0.000741. The van der Waals surface area contributed by atoms with Gasteiger partial charge in [0, 0.05) is 11.4 Å². The van der Waals surface area contributed by atoms with Gasteiger partial charge in [-0.25, -0.2) is 4.18 Å². The number of fused-ring (bicyclic) bond motifs is 1. The number of nitrogens with two attached hydrogens (primary N) is 1. The summed E-state index contributed by atoms with van der Waals surface area (Å²) in [5.74, 6) is 0.347. The van der Waals surface area contributed by atoms with Crippen molar-refractivity contribution in [1.82, 2.24) is 15.0 Å². The molecule has 0 aliphatic rings. The first-order valence-electron chi connectivity index (χ1n) is 16.2. The molecule has 55 heavy (non-hydrogen) atoms. The van der Waals surface area contributed by atoms with Crippen molar-refractivity contribution in [3.05, 3.63) is 108 Å². The number of aromatic hydroxyl groups is 1. The molecular weight excluding hydrogens is 753 g/mol. The van der Waals surface area contributed by atoms with E-state index >= 15 is 0 Å². The van der Waals surface area contributed by atoms with E-state index in [2.05, 4.69) is 50.2 Å². The van der Waals surface area contributed by atoms with Crippen LogP contribution in [0.3, 0.4) is 0 Å². The molecule has 0 aliphatic carbocycles. The molecule has 0 aliphatic heterocycles. The maximum Gasteiger partial charge on any atom is 0.397 e. The fraction of sp³-hybridized carbons (Fsp3) is 0.114. The van der Waals surface area contributed by atoms with Crippen LogP contribution in [0.1, 0.15) is 17.8 Å². The fourth-order valence-electron chi connectivity index (χ4n) is 5.24. The van der Waals surface area contributed by atoms with Gasteiger partial charge in [0.05, 0.1) is 29.1 Å². The average Bonchev–Trinajstić information content (AvgIpc) is 3.12. The standard InChI is InChI=1S/C35H32N10O8S2/c1-21-37-34(39-24-8-3-2-4-9-24)41-35(38-21)40-26-10-5-11-27(20-26)43-45-32-29(54(47,48)49)19-23-14-17-28(31(36)30(23)33(32)46)44-42-25-15-12-22(13-16-25)7-6-18-53-55(50,51)52/h2-5,8-17,19-20,46H,6-7,18,36H2,1H3,(H,47,48,49)(H,50,51,52)(H2,37,38,39,40,41)/b44-42+,45-43+. The minimum Gasteiger partial charge on any atom is -0.505 e. The number of nitrogens with one attached hydrogen (secondary N) is 2. The maximum absolute atomic E-state index is 12.4. The van der Waals surface area contributed by atoms with Gasteiger partial charge in [-0.1, -0.05) is 42.5 Å². The van der Waals surface area contributed by atoms with Gasteiger partial charge < -0.3 is 21.5 Å². The Kier molecular flexibility index (Phi) is 11.3. The van der Waals surface area contributed by atoms with Crippen LogP contribution < -0.4 is 16.4 Å². The van der Waals surface area contributed by atoms with Crippen LogP contribution in [0.4, 0.5) is 51.7 Å². The van der Waals surface area contributed by atoms with E-state index < -0.39 is 36.8 Å². The van der Waals surface area contributed by atoms with Gasteiger partial charge in [-0.3, -0.25) is 9.11 Å². The zero-order valence-electron chi connectivity index (χ0n) is 28.8. The van der Waals surface area contributed by atoms with Crippen molar-refractivity contribution in [2.45, 2.75) is 24.7 Å². The van der Waals surface area contributed by atoms with Gasteiger partial charge in [-0.2, -0.15) is 42.0 Å². The first kappa shape index (κ1) is 38.3. The first-order chi connectivity index (χ1) is 26.2. The van der Waals surface area contributed by atoms with Crippen LogP contribution in [-0.4, -0.2) is 52.6 Å². The Hall–Kier alpha value is -6.45. The number of rotatable bonds is 14. The van der Waals surface area contributed by atoms with Gasteiger partial charge in [0.2, 0.25) is 11.9 Å². The SMILES string of the molecule is Cc1nc(Nc2ccccc2)nc(Nc2cccc(/N=N/c3c(S(=O)(=O)O)cc4ccc(/N=N/c5ccc(CCCOS(=O)(=O)O)cc5)c(N)c4c3O)c2)n1. The fourth-order valence-corrected chi connectivity index (χ4v) is 6.23. The topological polar surface area (TPSA) is 276 Å². The molecule has 0 saturated carbocycles. The number of nitrogen functional groups attached to an aromatic ring is 1. The zero-order valence-corrected chi connectivity index (χ0v) is 30.4. The lowest BCUT2D eigenvalue weighted by Crippen LogP contribution is -2.05. The van der Waals surface area contributed by atoms with Gasteiger partial charge in [0.1, 0.15) is 22.1 Å². The molecular formula is C35H32N10O8S2. The summed E-state index contributed by atoms with van der Waals surface area (Å²) in [7, 11) is -9.39. The van der Waals surface area contributed by atoms with Gasteiger partial charge in [0.25, 0.3) is 10.1 Å². The van der Waals surface area contributed by atoms with Gasteiger partial charge in [0.15, 0.2) is 5.75 Å². The summed E-state index contributed by atoms with van der Waals surface area (Å²) in [6, 6.07) is 26.8. The van der Waals surface area contributed by atoms with E-state index in [0.29, 0.717) is 36.0 Å². The first-order valence-corrected chi connectivity index (χ1v) is 19.0. The predicted molar refractivity (Wildman–Crippen MR) is 204 cm³/mol. The second-order valence-electron chi connectivity index (χ2n) is 11.8. The summed E-state index contributed by atoms with van der Waals surface area (Å²) in [5, 5.41) is 34.3. The van der Waals surface area contributed by atoms with Gasteiger partial charge >= 0.3 is 10.4 Å². The van der Waals surface area contributed by atoms with E-state index in [0.717, 1.165) is 17.3 Å². The molecule has 0 atom stereocenters. The highest BCUT2D eigenvalue weighted by Gasteiger charge is 2.24.